The monoisotopic (exact) mass is 440 g/mol. The first-order valence-electron chi connectivity index (χ1n) is 8.68. The van der Waals surface area contributed by atoms with E-state index >= 15 is 0 Å². The van der Waals surface area contributed by atoms with E-state index in [2.05, 4.69) is 15.2 Å². The van der Waals surface area contributed by atoms with Crippen molar-refractivity contribution in [1.29, 1.82) is 0 Å². The van der Waals surface area contributed by atoms with E-state index < -0.39 is 50.8 Å². The summed E-state index contributed by atoms with van der Waals surface area (Å²) in [6.45, 7) is 0. The molecule has 0 aliphatic carbocycles. The highest BCUT2D eigenvalue weighted by atomic mass is 32.2. The van der Waals surface area contributed by atoms with Gasteiger partial charge in [-0.2, -0.15) is 22.6 Å². The molecule has 0 saturated carbocycles. The van der Waals surface area contributed by atoms with Gasteiger partial charge in [0, 0.05) is 17.3 Å². The predicted molar refractivity (Wildman–Crippen MR) is 92.8 cm³/mol. The Morgan fingerprint density at radius 2 is 1.87 bits per heavy atom. The number of rotatable bonds is 2. The summed E-state index contributed by atoms with van der Waals surface area (Å²) in [6, 6.07) is 3.17. The van der Waals surface area contributed by atoms with Crippen LogP contribution in [-0.4, -0.2) is 33.0 Å². The van der Waals surface area contributed by atoms with Gasteiger partial charge in [0.25, 0.3) is 0 Å². The van der Waals surface area contributed by atoms with Crippen molar-refractivity contribution < 1.29 is 31.1 Å². The van der Waals surface area contributed by atoms with Gasteiger partial charge in [-0.25, -0.2) is 12.8 Å². The zero-order valence-corrected chi connectivity index (χ0v) is 15.6. The van der Waals surface area contributed by atoms with E-state index in [0.29, 0.717) is 23.4 Å². The molecule has 30 heavy (non-hydrogen) atoms. The number of hydrogen-bond acceptors (Lipinski definition) is 5. The fourth-order valence-corrected chi connectivity index (χ4v) is 5.85. The summed E-state index contributed by atoms with van der Waals surface area (Å²) < 4.78 is 80.8. The predicted octanol–water partition coefficient (Wildman–Crippen LogP) is 2.84. The number of fused-ring (bicyclic) bond motifs is 7. The van der Waals surface area contributed by atoms with E-state index in [1.807, 2.05) is 0 Å². The van der Waals surface area contributed by atoms with Gasteiger partial charge in [-0.15, -0.1) is 0 Å². The van der Waals surface area contributed by atoms with Crippen LogP contribution >= 0.6 is 0 Å². The molecule has 4 heterocycles. The largest absolute Gasteiger partial charge is 0.433 e. The van der Waals surface area contributed by atoms with E-state index in [1.165, 1.54) is 12.3 Å². The van der Waals surface area contributed by atoms with Gasteiger partial charge in [0.1, 0.15) is 22.5 Å². The number of nitrogens with zero attached hydrogens (tertiary/aromatic N) is 3. The SMILES string of the molecule is O=S(=O)(c1ccc(C(F)(F)F)nc1)N1C2c3cn[nH]c3C(O)C1c1c(F)cccc12. The van der Waals surface area contributed by atoms with E-state index in [9.17, 15) is 31.1 Å². The van der Waals surface area contributed by atoms with Crippen LogP contribution in [0, 0.1) is 5.82 Å². The number of aliphatic hydroxyl groups excluding tert-OH is 1. The van der Waals surface area contributed by atoms with Crippen molar-refractivity contribution in [2.45, 2.75) is 29.3 Å². The number of benzene rings is 1. The minimum atomic E-state index is -4.73. The van der Waals surface area contributed by atoms with Gasteiger partial charge in [0.2, 0.25) is 10.0 Å². The van der Waals surface area contributed by atoms with E-state index in [-0.39, 0.29) is 11.3 Å². The summed E-state index contributed by atoms with van der Waals surface area (Å²) >= 11 is 0. The number of sulfonamides is 1. The van der Waals surface area contributed by atoms with Gasteiger partial charge in [0.05, 0.1) is 24.0 Å². The fourth-order valence-electron chi connectivity index (χ4n) is 4.16. The molecule has 1 aromatic carbocycles. The Balaban J connectivity index is 1.69. The number of pyridine rings is 1. The summed E-state index contributed by atoms with van der Waals surface area (Å²) in [5, 5.41) is 17.3. The lowest BCUT2D eigenvalue weighted by Gasteiger charge is -2.36. The van der Waals surface area contributed by atoms with Gasteiger partial charge in [-0.1, -0.05) is 12.1 Å². The quantitative estimate of drug-likeness (QED) is 0.597. The standard InChI is InChI=1S/C18H12F4N4O3S/c19-11-3-1-2-9-13(11)16-17(27)14-10(7-24-25-14)15(9)26(16)30(28,29)8-4-5-12(23-6-8)18(20,21)22/h1-7,15-17,27H,(H,24,25). The number of aliphatic hydroxyl groups is 1. The lowest BCUT2D eigenvalue weighted by atomic mass is 9.98. The number of hydrogen-bond donors (Lipinski definition) is 2. The summed E-state index contributed by atoms with van der Waals surface area (Å²) in [4.78, 5) is 2.71. The topological polar surface area (TPSA) is 99.2 Å². The van der Waals surface area contributed by atoms with Crippen molar-refractivity contribution in [2.75, 3.05) is 0 Å². The third-order valence-electron chi connectivity index (χ3n) is 5.40. The molecule has 2 bridgehead atoms. The number of halogens is 4. The molecule has 2 aromatic heterocycles. The first kappa shape index (κ1) is 19.2. The zero-order valence-electron chi connectivity index (χ0n) is 14.8. The molecule has 3 unspecified atom stereocenters. The average Bonchev–Trinajstić information content (AvgIpc) is 3.28. The molecular weight excluding hydrogens is 428 g/mol. The highest BCUT2D eigenvalue weighted by molar-refractivity contribution is 7.89. The molecular formula is C18H12F4N4O3S. The van der Waals surface area contributed by atoms with Gasteiger partial charge in [0.15, 0.2) is 0 Å². The van der Waals surface area contributed by atoms with Crippen LogP contribution in [-0.2, 0) is 16.2 Å². The van der Waals surface area contributed by atoms with Crippen molar-refractivity contribution in [3.05, 3.63) is 76.6 Å². The molecule has 0 spiro atoms. The number of H-pyrrole nitrogens is 1. The fraction of sp³-hybridized carbons (Fsp3) is 0.222. The van der Waals surface area contributed by atoms with E-state index in [0.717, 1.165) is 16.4 Å². The molecule has 156 valence electrons. The van der Waals surface area contributed by atoms with Crippen LogP contribution in [0.25, 0.3) is 0 Å². The molecule has 3 aromatic rings. The Bertz CT molecular complexity index is 1260. The molecule has 2 aliphatic rings. The molecule has 2 aliphatic heterocycles. The Morgan fingerprint density at radius 3 is 2.53 bits per heavy atom. The van der Waals surface area contributed by atoms with Gasteiger partial charge in [-0.05, 0) is 23.8 Å². The Morgan fingerprint density at radius 1 is 1.10 bits per heavy atom. The lowest BCUT2D eigenvalue weighted by molar-refractivity contribution is -0.141. The maximum absolute atomic E-state index is 14.7. The molecule has 0 amide bonds. The van der Waals surface area contributed by atoms with E-state index in [4.69, 9.17) is 0 Å². The summed E-state index contributed by atoms with van der Waals surface area (Å²) in [7, 11) is -4.46. The number of nitrogens with one attached hydrogen (secondary N) is 1. The molecule has 0 saturated heterocycles. The first-order chi connectivity index (χ1) is 14.1. The maximum Gasteiger partial charge on any atom is 0.433 e. The number of aromatic amines is 1. The summed E-state index contributed by atoms with van der Waals surface area (Å²) in [5.41, 5.74) is -0.288. The van der Waals surface area contributed by atoms with Crippen LogP contribution in [0.1, 0.15) is 46.3 Å². The van der Waals surface area contributed by atoms with Crippen molar-refractivity contribution >= 4 is 10.0 Å². The van der Waals surface area contributed by atoms with Crippen LogP contribution < -0.4 is 0 Å². The molecule has 7 nitrogen and oxygen atoms in total. The second-order valence-corrected chi connectivity index (χ2v) is 8.83. The molecule has 0 fully saturated rings. The minimum Gasteiger partial charge on any atom is -0.385 e. The highest BCUT2D eigenvalue weighted by Gasteiger charge is 2.56. The number of alkyl halides is 3. The zero-order chi connectivity index (χ0) is 21.4. The van der Waals surface area contributed by atoms with Crippen molar-refractivity contribution in [3.63, 3.8) is 0 Å². The third-order valence-corrected chi connectivity index (χ3v) is 7.23. The smallest absolute Gasteiger partial charge is 0.385 e. The molecule has 2 N–H and O–H groups in total. The molecule has 12 heteroatoms. The van der Waals surface area contributed by atoms with Crippen LogP contribution in [0.15, 0.2) is 47.6 Å². The molecule has 5 rings (SSSR count). The Kier molecular flexibility index (Phi) is 3.89. The molecule has 3 atom stereocenters. The normalized spacial score (nSPS) is 23.3. The van der Waals surface area contributed by atoms with Crippen molar-refractivity contribution in [3.8, 4) is 0 Å². The average molecular weight is 440 g/mol. The first-order valence-corrected chi connectivity index (χ1v) is 10.1. The van der Waals surface area contributed by atoms with Crippen LogP contribution in [0.5, 0.6) is 0 Å². The van der Waals surface area contributed by atoms with Crippen molar-refractivity contribution in [2.24, 2.45) is 0 Å². The second kappa shape index (κ2) is 6.09. The lowest BCUT2D eigenvalue weighted by Crippen LogP contribution is -2.40. The third kappa shape index (κ3) is 2.47. The van der Waals surface area contributed by atoms with Crippen molar-refractivity contribution in [1.82, 2.24) is 19.5 Å². The van der Waals surface area contributed by atoms with E-state index in [1.54, 1.807) is 6.07 Å². The highest BCUT2D eigenvalue weighted by Crippen LogP contribution is 2.58. The Labute approximate surface area is 167 Å². The van der Waals surface area contributed by atoms with Crippen LogP contribution in [0.2, 0.25) is 0 Å². The molecule has 0 radical (unpaired) electrons. The number of aromatic nitrogens is 3. The second-order valence-electron chi connectivity index (χ2n) is 6.99. The van der Waals surface area contributed by atoms with Crippen LogP contribution in [0.4, 0.5) is 17.6 Å². The van der Waals surface area contributed by atoms with Gasteiger partial charge >= 0.3 is 6.18 Å². The summed E-state index contributed by atoms with van der Waals surface area (Å²) in [6.07, 6.45) is -4.23. The van der Waals surface area contributed by atoms with Gasteiger partial charge < -0.3 is 5.11 Å². The van der Waals surface area contributed by atoms with Crippen LogP contribution in [0.3, 0.4) is 0 Å². The summed E-state index contributed by atoms with van der Waals surface area (Å²) in [5.74, 6) is -0.692. The van der Waals surface area contributed by atoms with Gasteiger partial charge in [-0.3, -0.25) is 10.1 Å². The maximum atomic E-state index is 14.7. The minimum absolute atomic E-state index is 0.0167. The Hall–Kier alpha value is -2.83.